The standard InChI is InChI=1S/C12H12N2O6S.Na/c1-2-20-12(16)10-7-11(15)14(13-10)8-3-5-9(6-4-8)21(17,18)19;/h3-6H,2,7H2,1H3,(H,17,18,19);/q;+1/p-1. The zero-order valence-electron chi connectivity index (χ0n) is 12.0. The normalized spacial score (nSPS) is 14.4. The number of carbonyl (C=O) groups excluding carboxylic acids is 2. The molecule has 8 nitrogen and oxygen atoms in total. The monoisotopic (exact) mass is 334 g/mol. The van der Waals surface area contributed by atoms with Gasteiger partial charge in [-0.2, -0.15) is 10.1 Å². The summed E-state index contributed by atoms with van der Waals surface area (Å²) in [5, 5.41) is 4.81. The van der Waals surface area contributed by atoms with Crippen LogP contribution in [0.15, 0.2) is 34.3 Å². The van der Waals surface area contributed by atoms with Crippen molar-refractivity contribution in [2.24, 2.45) is 5.10 Å². The predicted molar refractivity (Wildman–Crippen MR) is 70.6 cm³/mol. The van der Waals surface area contributed by atoms with Gasteiger partial charge in [0.15, 0.2) is 5.71 Å². The van der Waals surface area contributed by atoms with Crippen molar-refractivity contribution < 1.29 is 56.9 Å². The van der Waals surface area contributed by atoms with Crippen LogP contribution in [0.5, 0.6) is 0 Å². The molecule has 0 unspecified atom stereocenters. The van der Waals surface area contributed by atoms with Gasteiger partial charge in [-0.25, -0.2) is 13.2 Å². The minimum absolute atomic E-state index is 0. The summed E-state index contributed by atoms with van der Waals surface area (Å²) in [6.45, 7) is 1.80. The molecule has 1 aliphatic rings. The molecule has 0 fully saturated rings. The minimum atomic E-state index is -4.55. The van der Waals surface area contributed by atoms with E-state index in [0.717, 1.165) is 17.1 Å². The molecule has 0 N–H and O–H groups in total. The van der Waals surface area contributed by atoms with E-state index in [-0.39, 0.29) is 54.0 Å². The zero-order chi connectivity index (χ0) is 15.6. The van der Waals surface area contributed by atoms with E-state index in [1.165, 1.54) is 12.1 Å². The number of hydrogen-bond acceptors (Lipinski definition) is 7. The Balaban J connectivity index is 0.00000242. The first-order chi connectivity index (χ1) is 9.82. The molecule has 10 heteroatoms. The molecule has 0 saturated heterocycles. The molecular weight excluding hydrogens is 323 g/mol. The fraction of sp³-hybridized carbons (Fsp3) is 0.250. The molecule has 112 valence electrons. The van der Waals surface area contributed by atoms with Crippen molar-refractivity contribution in [1.82, 2.24) is 0 Å². The van der Waals surface area contributed by atoms with E-state index in [9.17, 15) is 22.6 Å². The summed E-state index contributed by atoms with van der Waals surface area (Å²) < 4.78 is 37.2. The summed E-state index contributed by atoms with van der Waals surface area (Å²) in [4.78, 5) is 22.9. The van der Waals surface area contributed by atoms with E-state index in [1.807, 2.05) is 0 Å². The van der Waals surface area contributed by atoms with Crippen LogP contribution in [-0.2, 0) is 24.4 Å². The minimum Gasteiger partial charge on any atom is -0.744 e. The number of hydrazone groups is 1. The van der Waals surface area contributed by atoms with Gasteiger partial charge in [-0.1, -0.05) is 0 Å². The Hall–Kier alpha value is -1.26. The molecule has 0 aliphatic carbocycles. The third-order valence-electron chi connectivity index (χ3n) is 2.66. The van der Waals surface area contributed by atoms with Crippen LogP contribution in [0.25, 0.3) is 0 Å². The predicted octanol–water partition coefficient (Wildman–Crippen LogP) is -2.75. The molecule has 0 bridgehead atoms. The SMILES string of the molecule is CCOC(=O)C1=NN(c2ccc(S(=O)(=O)[O-])cc2)C(=O)C1.[Na+]. The van der Waals surface area contributed by atoms with E-state index in [1.54, 1.807) is 6.92 Å². The molecule has 1 amide bonds. The van der Waals surface area contributed by atoms with Gasteiger partial charge in [0, 0.05) is 0 Å². The van der Waals surface area contributed by atoms with Crippen LogP contribution < -0.4 is 34.6 Å². The second kappa shape index (κ2) is 7.34. The molecule has 1 aromatic rings. The fourth-order valence-electron chi connectivity index (χ4n) is 1.71. The Labute approximate surface area is 149 Å². The summed E-state index contributed by atoms with van der Waals surface area (Å²) >= 11 is 0. The topological polar surface area (TPSA) is 116 Å². The summed E-state index contributed by atoms with van der Waals surface area (Å²) in [5.41, 5.74) is 0.231. The first-order valence-corrected chi connectivity index (χ1v) is 7.37. The molecule has 0 spiro atoms. The average molecular weight is 334 g/mol. The smallest absolute Gasteiger partial charge is 0.744 e. The fourth-order valence-corrected chi connectivity index (χ4v) is 2.18. The van der Waals surface area contributed by atoms with Crippen LogP contribution in [0.2, 0.25) is 0 Å². The number of esters is 1. The van der Waals surface area contributed by atoms with Gasteiger partial charge in [0.2, 0.25) is 0 Å². The van der Waals surface area contributed by atoms with E-state index >= 15 is 0 Å². The van der Waals surface area contributed by atoms with Crippen LogP contribution in [0.3, 0.4) is 0 Å². The van der Waals surface area contributed by atoms with Crippen molar-refractivity contribution >= 4 is 33.4 Å². The molecule has 0 aromatic heterocycles. The number of rotatable bonds is 4. The van der Waals surface area contributed by atoms with E-state index in [4.69, 9.17) is 4.74 Å². The largest absolute Gasteiger partial charge is 1.00 e. The first kappa shape index (κ1) is 18.8. The van der Waals surface area contributed by atoms with Gasteiger partial charge in [0.1, 0.15) is 10.1 Å². The second-order valence-electron chi connectivity index (χ2n) is 4.10. The van der Waals surface area contributed by atoms with Crippen molar-refractivity contribution in [3.05, 3.63) is 24.3 Å². The maximum absolute atomic E-state index is 11.8. The van der Waals surface area contributed by atoms with Crippen LogP contribution in [-0.4, -0.2) is 37.2 Å². The van der Waals surface area contributed by atoms with Crippen LogP contribution in [0, 0.1) is 0 Å². The van der Waals surface area contributed by atoms with Gasteiger partial charge in [0.05, 0.1) is 23.6 Å². The van der Waals surface area contributed by atoms with Crippen LogP contribution >= 0.6 is 0 Å². The number of anilines is 1. The maximum Gasteiger partial charge on any atom is 1.00 e. The summed E-state index contributed by atoms with van der Waals surface area (Å²) in [5.74, 6) is -1.12. The molecule has 1 heterocycles. The van der Waals surface area contributed by atoms with Gasteiger partial charge < -0.3 is 9.29 Å². The van der Waals surface area contributed by atoms with Crippen molar-refractivity contribution in [1.29, 1.82) is 0 Å². The Morgan fingerprint density at radius 2 is 1.95 bits per heavy atom. The van der Waals surface area contributed by atoms with Gasteiger partial charge in [0.25, 0.3) is 5.91 Å². The molecule has 22 heavy (non-hydrogen) atoms. The van der Waals surface area contributed by atoms with Crippen molar-refractivity contribution in [2.45, 2.75) is 18.2 Å². The number of nitrogens with zero attached hydrogens (tertiary/aromatic N) is 2. The third kappa shape index (κ3) is 4.14. The average Bonchev–Trinajstić information content (AvgIpc) is 2.80. The summed E-state index contributed by atoms with van der Waals surface area (Å²) in [7, 11) is -4.55. The molecule has 0 radical (unpaired) electrons. The zero-order valence-corrected chi connectivity index (χ0v) is 14.8. The number of amides is 1. The van der Waals surface area contributed by atoms with E-state index in [0.29, 0.717) is 0 Å². The number of benzene rings is 1. The molecule has 0 atom stereocenters. The molecule has 1 aromatic carbocycles. The number of hydrogen-bond donors (Lipinski definition) is 0. The molecule has 2 rings (SSSR count). The van der Waals surface area contributed by atoms with E-state index < -0.39 is 26.9 Å². The second-order valence-corrected chi connectivity index (χ2v) is 5.48. The Bertz CT molecular complexity index is 714. The quantitative estimate of drug-likeness (QED) is 0.335. The third-order valence-corrected chi connectivity index (χ3v) is 3.51. The Kier molecular flexibility index (Phi) is 6.27. The number of ether oxygens (including phenoxy) is 1. The van der Waals surface area contributed by atoms with Crippen molar-refractivity contribution in [3.8, 4) is 0 Å². The van der Waals surface area contributed by atoms with Crippen molar-refractivity contribution in [3.63, 3.8) is 0 Å². The van der Waals surface area contributed by atoms with Gasteiger partial charge in [-0.3, -0.25) is 4.79 Å². The molecule has 1 aliphatic heterocycles. The van der Waals surface area contributed by atoms with Gasteiger partial charge in [-0.15, -0.1) is 0 Å². The molecule has 0 saturated carbocycles. The first-order valence-electron chi connectivity index (χ1n) is 5.96. The summed E-state index contributed by atoms with van der Waals surface area (Å²) in [6, 6.07) is 4.67. The maximum atomic E-state index is 11.8. The Morgan fingerprint density at radius 3 is 2.45 bits per heavy atom. The number of carbonyl (C=O) groups is 2. The summed E-state index contributed by atoms with van der Waals surface area (Å²) in [6.07, 6.45) is -0.194. The van der Waals surface area contributed by atoms with E-state index in [2.05, 4.69) is 5.10 Å². The Morgan fingerprint density at radius 1 is 1.36 bits per heavy atom. The van der Waals surface area contributed by atoms with Crippen LogP contribution in [0.1, 0.15) is 13.3 Å². The van der Waals surface area contributed by atoms with Crippen LogP contribution in [0.4, 0.5) is 5.69 Å². The molecular formula is C12H11N2NaO6S. The van der Waals surface area contributed by atoms with Gasteiger partial charge in [-0.05, 0) is 31.2 Å². The van der Waals surface area contributed by atoms with Gasteiger partial charge >= 0.3 is 35.5 Å². The van der Waals surface area contributed by atoms with Crippen molar-refractivity contribution in [2.75, 3.05) is 11.6 Å².